The van der Waals surface area contributed by atoms with Gasteiger partial charge in [-0.15, -0.1) is 24.0 Å². The number of unbranched alkanes of at least 4 members (excludes halogenated alkanes) is 1. The second-order valence-electron chi connectivity index (χ2n) is 4.95. The highest BCUT2D eigenvalue weighted by Gasteiger charge is 2.11. The summed E-state index contributed by atoms with van der Waals surface area (Å²) in [4.78, 5) is 4.55. The molecule has 0 atom stereocenters. The molecule has 1 aromatic carbocycles. The number of guanidine groups is 1. The summed E-state index contributed by atoms with van der Waals surface area (Å²) in [7, 11) is 0. The average Bonchev–Trinajstić information content (AvgIpc) is 2.72. The van der Waals surface area contributed by atoms with Gasteiger partial charge >= 0.3 is 0 Å². The zero-order valence-corrected chi connectivity index (χ0v) is 15.7. The fourth-order valence-electron chi connectivity index (χ4n) is 2.03. The number of nitrogens with zero attached hydrogens (tertiary/aromatic N) is 1. The van der Waals surface area contributed by atoms with Crippen molar-refractivity contribution in [2.45, 2.75) is 33.1 Å². The van der Waals surface area contributed by atoms with Gasteiger partial charge in [0, 0.05) is 31.3 Å². The maximum Gasteiger partial charge on any atom is 0.195 e. The minimum Gasteiger partial charge on any atom is -0.490 e. The Hall–Kier alpha value is -1.18. The van der Waals surface area contributed by atoms with Gasteiger partial charge < -0.3 is 20.1 Å². The molecule has 22 heavy (non-hydrogen) atoms. The summed E-state index contributed by atoms with van der Waals surface area (Å²) >= 11 is 0. The van der Waals surface area contributed by atoms with Gasteiger partial charge in [0.05, 0.1) is 13.2 Å². The number of anilines is 1. The van der Waals surface area contributed by atoms with Crippen LogP contribution in [0.3, 0.4) is 0 Å². The molecule has 1 aromatic rings. The van der Waals surface area contributed by atoms with Gasteiger partial charge in [-0.2, -0.15) is 0 Å². The Balaban J connectivity index is 0.00000242. The van der Waals surface area contributed by atoms with Crippen LogP contribution in [0.1, 0.15) is 33.1 Å². The normalized spacial score (nSPS) is 13.8. The van der Waals surface area contributed by atoms with Gasteiger partial charge in [-0.05, 0) is 25.5 Å². The maximum atomic E-state index is 5.70. The van der Waals surface area contributed by atoms with E-state index in [1.54, 1.807) is 0 Å². The number of hydrogen-bond acceptors (Lipinski definition) is 3. The van der Waals surface area contributed by atoms with Crippen molar-refractivity contribution in [3.05, 3.63) is 18.2 Å². The lowest BCUT2D eigenvalue weighted by molar-refractivity contribution is 0.297. The first-order valence-corrected chi connectivity index (χ1v) is 7.78. The molecule has 0 radical (unpaired) electrons. The van der Waals surface area contributed by atoms with E-state index in [0.29, 0.717) is 13.2 Å². The van der Waals surface area contributed by atoms with Gasteiger partial charge in [-0.25, -0.2) is 0 Å². The van der Waals surface area contributed by atoms with Gasteiger partial charge in [0.25, 0.3) is 0 Å². The molecule has 5 nitrogen and oxygen atoms in total. The number of rotatable bonds is 5. The Bertz CT molecular complexity index is 480. The summed E-state index contributed by atoms with van der Waals surface area (Å²) in [5.41, 5.74) is 0.954. The lowest BCUT2D eigenvalue weighted by Crippen LogP contribution is -2.30. The molecule has 0 fully saturated rings. The van der Waals surface area contributed by atoms with E-state index in [1.807, 2.05) is 18.2 Å². The van der Waals surface area contributed by atoms with Gasteiger partial charge in [0.15, 0.2) is 17.5 Å². The topological polar surface area (TPSA) is 54.9 Å². The highest BCUT2D eigenvalue weighted by molar-refractivity contribution is 14.0. The van der Waals surface area contributed by atoms with Crippen molar-refractivity contribution in [2.24, 2.45) is 4.99 Å². The number of ether oxygens (including phenoxy) is 2. The average molecular weight is 419 g/mol. The molecule has 0 saturated heterocycles. The van der Waals surface area contributed by atoms with Crippen LogP contribution in [-0.2, 0) is 0 Å². The first-order valence-electron chi connectivity index (χ1n) is 7.78. The van der Waals surface area contributed by atoms with E-state index in [9.17, 15) is 0 Å². The Morgan fingerprint density at radius 1 is 1.18 bits per heavy atom. The summed E-state index contributed by atoms with van der Waals surface area (Å²) in [6, 6.07) is 5.89. The molecule has 6 heteroatoms. The molecule has 0 saturated carbocycles. The second kappa shape index (κ2) is 10.5. The van der Waals surface area contributed by atoms with Crippen molar-refractivity contribution in [3.63, 3.8) is 0 Å². The third-order valence-corrected chi connectivity index (χ3v) is 3.14. The number of halogens is 1. The molecule has 0 amide bonds. The highest BCUT2D eigenvalue weighted by Crippen LogP contribution is 2.32. The Kier molecular flexibility index (Phi) is 9.03. The van der Waals surface area contributed by atoms with Gasteiger partial charge in [-0.1, -0.05) is 13.3 Å². The van der Waals surface area contributed by atoms with E-state index >= 15 is 0 Å². The summed E-state index contributed by atoms with van der Waals surface area (Å²) in [6.07, 6.45) is 3.16. The molecular weight excluding hydrogens is 393 g/mol. The fourth-order valence-corrected chi connectivity index (χ4v) is 2.03. The molecule has 0 spiro atoms. The highest BCUT2D eigenvalue weighted by atomic mass is 127. The van der Waals surface area contributed by atoms with Crippen molar-refractivity contribution in [2.75, 3.05) is 31.6 Å². The maximum absolute atomic E-state index is 5.70. The second-order valence-corrected chi connectivity index (χ2v) is 4.95. The minimum absolute atomic E-state index is 0. The van der Waals surface area contributed by atoms with E-state index in [0.717, 1.165) is 55.5 Å². The van der Waals surface area contributed by atoms with E-state index in [2.05, 4.69) is 29.5 Å². The Labute approximate surface area is 149 Å². The predicted octanol–water partition coefficient (Wildman–Crippen LogP) is 3.64. The molecule has 2 N–H and O–H groups in total. The molecular formula is C16H26IN3O2. The standard InChI is InChI=1S/C16H25N3O2.HI/c1-3-5-9-18-16(17-4-2)19-13-7-8-14-15(12-13)21-11-6-10-20-14;/h7-8,12H,3-6,9-11H2,1-2H3,(H2,17,18,19);1H. The van der Waals surface area contributed by atoms with Crippen molar-refractivity contribution in [1.29, 1.82) is 0 Å². The number of aliphatic imine (C=N–C) groups is 1. The number of benzene rings is 1. The van der Waals surface area contributed by atoms with Crippen molar-refractivity contribution < 1.29 is 9.47 Å². The van der Waals surface area contributed by atoms with Crippen LogP contribution in [0.15, 0.2) is 23.2 Å². The van der Waals surface area contributed by atoms with Crippen LogP contribution in [0, 0.1) is 0 Å². The lowest BCUT2D eigenvalue weighted by atomic mass is 10.2. The van der Waals surface area contributed by atoms with E-state index < -0.39 is 0 Å². The zero-order chi connectivity index (χ0) is 14.9. The third-order valence-electron chi connectivity index (χ3n) is 3.14. The predicted molar refractivity (Wildman–Crippen MR) is 102 cm³/mol. The molecule has 0 unspecified atom stereocenters. The first-order chi connectivity index (χ1) is 10.3. The minimum atomic E-state index is 0. The van der Waals surface area contributed by atoms with Gasteiger partial charge in [-0.3, -0.25) is 4.99 Å². The van der Waals surface area contributed by atoms with Gasteiger partial charge in [0.2, 0.25) is 0 Å². The molecule has 1 heterocycles. The fraction of sp³-hybridized carbons (Fsp3) is 0.562. The molecule has 0 bridgehead atoms. The summed E-state index contributed by atoms with van der Waals surface area (Å²) in [6.45, 7) is 7.30. The Morgan fingerprint density at radius 2 is 1.95 bits per heavy atom. The molecule has 124 valence electrons. The monoisotopic (exact) mass is 419 g/mol. The first kappa shape index (κ1) is 18.9. The van der Waals surface area contributed by atoms with Crippen LogP contribution < -0.4 is 20.1 Å². The SMILES string of the molecule is CCCCN=C(NCC)Nc1ccc2c(c1)OCCCO2.I. The van der Waals surface area contributed by atoms with Crippen LogP contribution in [0.25, 0.3) is 0 Å². The van der Waals surface area contributed by atoms with E-state index in [-0.39, 0.29) is 24.0 Å². The zero-order valence-electron chi connectivity index (χ0n) is 13.4. The van der Waals surface area contributed by atoms with Crippen LogP contribution >= 0.6 is 24.0 Å². The largest absolute Gasteiger partial charge is 0.490 e. The van der Waals surface area contributed by atoms with Crippen molar-refractivity contribution in [3.8, 4) is 11.5 Å². The third kappa shape index (κ3) is 5.90. The molecule has 0 aromatic heterocycles. The summed E-state index contributed by atoms with van der Waals surface area (Å²) in [5.74, 6) is 2.41. The quantitative estimate of drug-likeness (QED) is 0.331. The van der Waals surface area contributed by atoms with Crippen LogP contribution in [0.4, 0.5) is 5.69 Å². The van der Waals surface area contributed by atoms with Crippen molar-refractivity contribution >= 4 is 35.6 Å². The van der Waals surface area contributed by atoms with Crippen molar-refractivity contribution in [1.82, 2.24) is 5.32 Å². The molecule has 1 aliphatic rings. The molecule has 0 aliphatic carbocycles. The summed E-state index contributed by atoms with van der Waals surface area (Å²) < 4.78 is 11.3. The van der Waals surface area contributed by atoms with Crippen LogP contribution in [0.5, 0.6) is 11.5 Å². The molecule has 1 aliphatic heterocycles. The number of fused-ring (bicyclic) bond motifs is 1. The van der Waals surface area contributed by atoms with Crippen LogP contribution in [0.2, 0.25) is 0 Å². The number of hydrogen-bond donors (Lipinski definition) is 2. The smallest absolute Gasteiger partial charge is 0.195 e. The lowest BCUT2D eigenvalue weighted by Gasteiger charge is -2.13. The molecule has 2 rings (SSSR count). The van der Waals surface area contributed by atoms with E-state index in [1.165, 1.54) is 0 Å². The number of nitrogens with one attached hydrogen (secondary N) is 2. The van der Waals surface area contributed by atoms with Crippen LogP contribution in [-0.4, -0.2) is 32.3 Å². The van der Waals surface area contributed by atoms with Gasteiger partial charge in [0.1, 0.15) is 0 Å². The van der Waals surface area contributed by atoms with E-state index in [4.69, 9.17) is 9.47 Å². The Morgan fingerprint density at radius 3 is 2.68 bits per heavy atom. The summed E-state index contributed by atoms with van der Waals surface area (Å²) in [5, 5.41) is 6.56.